The zero-order valence-corrected chi connectivity index (χ0v) is 53.6. The van der Waals surface area contributed by atoms with E-state index >= 15 is 14.4 Å². The lowest BCUT2D eigenvalue weighted by Crippen LogP contribution is -2.64. The van der Waals surface area contributed by atoms with Crippen LogP contribution in [0.25, 0.3) is 11.1 Å². The van der Waals surface area contributed by atoms with E-state index in [1.54, 1.807) is 0 Å². The van der Waals surface area contributed by atoms with Crippen LogP contribution in [0, 0.1) is 0 Å². The molecular weight excluding hydrogens is 1340 g/mol. The van der Waals surface area contributed by atoms with Crippen molar-refractivity contribution in [2.45, 2.75) is 143 Å². The van der Waals surface area contributed by atoms with Crippen LogP contribution in [0.4, 0.5) is 0 Å². The molecule has 7 heterocycles. The number of primary amides is 1. The average Bonchev–Trinajstić information content (AvgIpc) is 0.767. The maximum absolute atomic E-state index is 15.9. The van der Waals surface area contributed by atoms with Crippen molar-refractivity contribution in [3.8, 4) is 57.1 Å². The molecule has 2 fully saturated rings. The number of aliphatic carboxylic acids is 1. The van der Waals surface area contributed by atoms with Gasteiger partial charge in [-0.15, -0.1) is 0 Å². The second-order valence-electron chi connectivity index (χ2n) is 24.3. The number of likely N-dealkylation sites (N-methyl/N-ethyl adjacent to an activating group) is 1. The summed E-state index contributed by atoms with van der Waals surface area (Å²) in [6.45, 7) is 3.43. The maximum atomic E-state index is 15.9. The minimum absolute atomic E-state index is 0.169. The van der Waals surface area contributed by atoms with Crippen LogP contribution in [0.15, 0.2) is 78.9 Å². The molecular formula is C63H69Cl2N9O24. The van der Waals surface area contributed by atoms with Gasteiger partial charge in [-0.3, -0.25) is 33.6 Å². The number of nitrogens with two attached hydrogens (primary N) is 2. The predicted octanol–water partition coefficient (Wildman–Crippen LogP) is -0.920. The Morgan fingerprint density at radius 3 is 1.91 bits per heavy atom. The van der Waals surface area contributed by atoms with Crippen molar-refractivity contribution in [3.63, 3.8) is 0 Å². The van der Waals surface area contributed by atoms with Crippen LogP contribution in [0.3, 0.4) is 0 Å². The molecule has 2 saturated heterocycles. The fourth-order valence-corrected chi connectivity index (χ4v) is 12.3. The Hall–Kier alpha value is -9.20. The third kappa shape index (κ3) is 14.7. The van der Waals surface area contributed by atoms with E-state index in [1.807, 2.05) is 0 Å². The van der Waals surface area contributed by atoms with Gasteiger partial charge in [-0.1, -0.05) is 41.4 Å². The van der Waals surface area contributed by atoms with Crippen molar-refractivity contribution in [1.82, 2.24) is 37.2 Å². The van der Waals surface area contributed by atoms with Crippen LogP contribution in [0.1, 0.15) is 91.8 Å². The van der Waals surface area contributed by atoms with Gasteiger partial charge in [0.25, 0.3) is 0 Å². The molecule has 21 N–H and O–H groups in total. The molecule has 0 aromatic heterocycles. The number of aliphatic hydroxyl groups is 6. The first-order valence-electron chi connectivity index (χ1n) is 30.2. The number of ether oxygens (including phenoxy) is 6. The molecule has 5 aromatic rings. The first kappa shape index (κ1) is 71.6. The molecule has 98 heavy (non-hydrogen) atoms. The number of amides is 7. The third-order valence-corrected chi connectivity index (χ3v) is 17.8. The number of hydrogen-bond donors (Lipinski definition) is 19. The molecule has 0 saturated carbocycles. The Balaban J connectivity index is 1.24. The summed E-state index contributed by atoms with van der Waals surface area (Å²) < 4.78 is 38.2. The topological polar surface area (TPSA) is 530 Å². The van der Waals surface area contributed by atoms with Crippen LogP contribution in [-0.2, 0) is 52.6 Å². The molecule has 33 nitrogen and oxygen atoms in total. The highest BCUT2D eigenvalue weighted by molar-refractivity contribution is 6.32. The minimum Gasteiger partial charge on any atom is -0.508 e. The van der Waals surface area contributed by atoms with Gasteiger partial charge in [0, 0.05) is 34.7 Å². The highest BCUT2D eigenvalue weighted by Gasteiger charge is 2.51. The average molecular weight is 1410 g/mol. The summed E-state index contributed by atoms with van der Waals surface area (Å²) in [5.41, 5.74) is 7.93. The van der Waals surface area contributed by atoms with Gasteiger partial charge in [-0.25, -0.2) is 4.79 Å². The number of benzene rings is 5. The number of hydrogen-bond acceptors (Lipinski definition) is 25. The van der Waals surface area contributed by atoms with Crippen LogP contribution >= 0.6 is 23.2 Å². The van der Waals surface area contributed by atoms with Crippen LogP contribution in [0.5, 0.6) is 46.0 Å². The van der Waals surface area contributed by atoms with Gasteiger partial charge in [0.05, 0.1) is 41.3 Å². The number of rotatable bonds is 11. The Kier molecular flexibility index (Phi) is 21.0. The quantitative estimate of drug-likeness (QED) is 0.0760. The lowest BCUT2D eigenvalue weighted by molar-refractivity contribution is -0.333. The lowest BCUT2D eigenvalue weighted by Gasteiger charge is -2.47. The molecule has 35 heteroatoms. The molecule has 11 bridgehead atoms. The highest BCUT2D eigenvalue weighted by Crippen LogP contribution is 2.50. The first-order valence-corrected chi connectivity index (χ1v) is 31.0. The molecule has 5 aromatic carbocycles. The van der Waals surface area contributed by atoms with E-state index in [9.17, 15) is 75.0 Å². The van der Waals surface area contributed by atoms with Crippen molar-refractivity contribution in [2.75, 3.05) is 13.7 Å². The Bertz CT molecular complexity index is 4000. The van der Waals surface area contributed by atoms with Gasteiger partial charge < -0.3 is 128 Å². The van der Waals surface area contributed by atoms with Crippen molar-refractivity contribution in [3.05, 3.63) is 117 Å². The van der Waals surface area contributed by atoms with Gasteiger partial charge in [-0.2, -0.15) is 0 Å². The van der Waals surface area contributed by atoms with E-state index in [4.69, 9.17) is 63.1 Å². The van der Waals surface area contributed by atoms with Crippen LogP contribution < -0.4 is 62.9 Å². The molecule has 0 aliphatic carbocycles. The normalized spacial score (nSPS) is 29.9. The SMILES string of the molecule is CN[C@H](C)C(=O)N[C@H]1C(=O)N[C@@H](CC(N)=O)C(=O)N[C@H]2C(=O)N[C@H]3C(=O)N[C@H](C(=O)N[C@H](C(=O)O)c4cc(O)cc(O)c4-c4cc3ccc4O)[C@H](O)c3ccc(c(Cl)c3)Oc3cc2cc(c3O[C@@H]2O[C@H](CO)[C@@H](O)[C@H](O)[C@H]2O[C@H]2C[C@](C)(N)[C@H](O)[C@H](C)O2)Oc2ccc(cc2Cl)[C@H]1O. The molecule has 7 aliphatic rings. The molecule has 524 valence electrons. The Morgan fingerprint density at radius 1 is 0.714 bits per heavy atom. The number of halogens is 2. The molecule has 7 aliphatic heterocycles. The summed E-state index contributed by atoms with van der Waals surface area (Å²) in [5, 5.41) is 130. The standard InChI is InChI=1S/C63H69Cl2N9O24/c1-21(68-4)55(85)73-46-48(80)24-6-9-35(30(64)12-24)94-37-14-26-15-38(52(37)98-62-53(51(83)50(82)39(20-75)96-62)97-41-19-63(3,67)54(84)22(2)93-41)95-36-10-7-25(13-31(36)65)49(81)47-60(90)72-45(61(91)92)29-16-27(76)17-34(78)42(29)28-11-23(5-8-33(28)77)43(57(87)74-47)71-58(88)44(26)70-56(86)32(18-40(66)79)69-59(46)89/h5-17,21-22,32,39,41,43-51,53-54,62,68,75-78,80-84H,18-20,67H2,1-4H3,(H2,66,79)(H,69,89)(H,70,86)(H,71,88)(H,72,90)(H,73,85)(H,74,87)(H,91,92)/t21-,22+,32+,39-,41+,43-,44-,45+,46-,47+,48-,49-,50-,51+,53-,54-,62+,63+/m1/s1. The van der Waals surface area contributed by atoms with E-state index in [1.165, 1.54) is 40.0 Å². The fraction of sp³-hybridized carbons (Fsp3) is 0.397. The van der Waals surface area contributed by atoms with E-state index in [0.717, 1.165) is 66.7 Å². The highest BCUT2D eigenvalue weighted by atomic mass is 35.5. The maximum Gasteiger partial charge on any atom is 0.330 e. The summed E-state index contributed by atoms with van der Waals surface area (Å²) in [6, 6.07) is -0.784. The lowest BCUT2D eigenvalue weighted by atomic mass is 9.86. The second-order valence-corrected chi connectivity index (χ2v) is 25.1. The van der Waals surface area contributed by atoms with E-state index in [0.29, 0.717) is 0 Å². The largest absolute Gasteiger partial charge is 0.508 e. The zero-order valence-electron chi connectivity index (χ0n) is 52.0. The number of phenols is 3. The van der Waals surface area contributed by atoms with Crippen molar-refractivity contribution >= 4 is 70.5 Å². The first-order chi connectivity index (χ1) is 46.3. The number of nitrogens with one attached hydrogen (secondary N) is 7. The molecule has 12 rings (SSSR count). The Morgan fingerprint density at radius 2 is 1.32 bits per heavy atom. The number of carboxylic acids is 1. The molecule has 0 spiro atoms. The molecule has 18 atom stereocenters. The van der Waals surface area contributed by atoms with Crippen molar-refractivity contribution in [1.29, 1.82) is 0 Å². The summed E-state index contributed by atoms with van der Waals surface area (Å²) in [4.78, 5) is 116. The van der Waals surface area contributed by atoms with Gasteiger partial charge in [-0.05, 0) is 105 Å². The van der Waals surface area contributed by atoms with Gasteiger partial charge >= 0.3 is 5.97 Å². The number of aromatic hydroxyl groups is 3. The smallest absolute Gasteiger partial charge is 0.330 e. The molecule has 7 amide bonds. The number of carbonyl (C=O) groups is 8. The monoisotopic (exact) mass is 1410 g/mol. The molecule has 0 radical (unpaired) electrons. The summed E-state index contributed by atoms with van der Waals surface area (Å²) in [7, 11) is 1.41. The van der Waals surface area contributed by atoms with Crippen molar-refractivity contribution < 1.29 is 118 Å². The second kappa shape index (κ2) is 28.7. The van der Waals surface area contributed by atoms with Gasteiger partial charge in [0.2, 0.25) is 53.4 Å². The molecule has 0 unspecified atom stereocenters. The number of aliphatic hydroxyl groups excluding tert-OH is 6. The van der Waals surface area contributed by atoms with E-state index < -0.39 is 237 Å². The number of carboxylic acid groups (broad SMARTS) is 1. The predicted molar refractivity (Wildman–Crippen MR) is 336 cm³/mol. The number of fused-ring (bicyclic) bond motifs is 15. The van der Waals surface area contributed by atoms with Gasteiger partial charge in [0.1, 0.15) is 89.5 Å². The van der Waals surface area contributed by atoms with E-state index in [2.05, 4.69) is 37.2 Å². The minimum atomic E-state index is -2.34. The van der Waals surface area contributed by atoms with Crippen LogP contribution in [0.2, 0.25) is 10.0 Å². The zero-order chi connectivity index (χ0) is 71.3. The number of phenolic OH excluding ortho intramolecular Hbond substituents is 3. The van der Waals surface area contributed by atoms with Crippen LogP contribution in [-0.4, -0.2) is 191 Å². The fourth-order valence-electron chi connectivity index (χ4n) is 11.8. The van der Waals surface area contributed by atoms with Crippen molar-refractivity contribution in [2.24, 2.45) is 11.5 Å². The third-order valence-electron chi connectivity index (χ3n) is 17.2. The van der Waals surface area contributed by atoms with E-state index in [-0.39, 0.29) is 33.9 Å². The summed E-state index contributed by atoms with van der Waals surface area (Å²) in [6.07, 6.45) is -18.7. The number of carbonyl (C=O) groups excluding carboxylic acids is 7. The Labute approximate surface area is 565 Å². The summed E-state index contributed by atoms with van der Waals surface area (Å²) >= 11 is 14.0. The summed E-state index contributed by atoms with van der Waals surface area (Å²) in [5.74, 6) is -16.0. The van der Waals surface area contributed by atoms with Gasteiger partial charge in [0.15, 0.2) is 29.9 Å².